The number of hydrogen-bond acceptors (Lipinski definition) is 0. The molecule has 0 N–H and O–H groups in total. The highest BCUT2D eigenvalue weighted by molar-refractivity contribution is 5.59. The Bertz CT molecular complexity index is 448. The lowest BCUT2D eigenvalue weighted by Gasteiger charge is -2.21. The maximum atomic E-state index is 2.37. The lowest BCUT2D eigenvalue weighted by atomic mass is 9.84. The fourth-order valence-electron chi connectivity index (χ4n) is 2.91. The van der Waals surface area contributed by atoms with Crippen LogP contribution in [0.25, 0.3) is 6.08 Å². The van der Waals surface area contributed by atoms with E-state index in [0.717, 1.165) is 0 Å². The molecule has 0 atom stereocenters. The maximum Gasteiger partial charge on any atom is -0.0132 e. The molecule has 0 aromatic heterocycles. The molecule has 0 aliphatic carbocycles. The van der Waals surface area contributed by atoms with Gasteiger partial charge >= 0.3 is 0 Å². The number of unbranched alkanes of at least 4 members (excludes halogenated alkanes) is 6. The number of benzene rings is 1. The number of rotatable bonds is 8. The lowest BCUT2D eigenvalue weighted by Crippen LogP contribution is -2.12. The fraction of sp³-hybridized carbons (Fsp3) is 0.636. The zero-order valence-corrected chi connectivity index (χ0v) is 15.8. The summed E-state index contributed by atoms with van der Waals surface area (Å²) in [6.07, 6.45) is 14.2. The first-order valence-electron chi connectivity index (χ1n) is 9.14. The molecule has 0 saturated carbocycles. The average molecular weight is 301 g/mol. The van der Waals surface area contributed by atoms with E-state index in [0.29, 0.717) is 0 Å². The minimum Gasteiger partial charge on any atom is -0.0839 e. The van der Waals surface area contributed by atoms with Gasteiger partial charge in [-0.1, -0.05) is 84.1 Å². The number of aryl methyl sites for hydroxylation is 2. The van der Waals surface area contributed by atoms with E-state index in [2.05, 4.69) is 65.8 Å². The van der Waals surface area contributed by atoms with E-state index >= 15 is 0 Å². The van der Waals surface area contributed by atoms with E-state index in [1.165, 1.54) is 67.2 Å². The number of allylic oxidation sites excluding steroid dienone is 1. The molecule has 1 rings (SSSR count). The zero-order chi connectivity index (χ0) is 16.6. The van der Waals surface area contributed by atoms with Crippen molar-refractivity contribution in [3.8, 4) is 0 Å². The molecule has 0 aliphatic heterocycles. The van der Waals surface area contributed by atoms with Crippen molar-refractivity contribution in [2.75, 3.05) is 0 Å². The summed E-state index contributed by atoms with van der Waals surface area (Å²) in [7, 11) is 0. The third-order valence-electron chi connectivity index (χ3n) is 4.47. The highest BCUT2D eigenvalue weighted by Crippen LogP contribution is 2.27. The molecule has 0 aliphatic rings. The van der Waals surface area contributed by atoms with Crippen LogP contribution in [-0.2, 0) is 5.41 Å². The van der Waals surface area contributed by atoms with Crippen LogP contribution in [0.3, 0.4) is 0 Å². The molecule has 1 aromatic rings. The zero-order valence-electron chi connectivity index (χ0n) is 15.8. The molecule has 0 heterocycles. The van der Waals surface area contributed by atoms with Gasteiger partial charge in [-0.25, -0.2) is 0 Å². The molecule has 1 aromatic carbocycles. The molecule has 0 saturated heterocycles. The van der Waals surface area contributed by atoms with Crippen molar-refractivity contribution in [2.45, 2.75) is 91.9 Å². The van der Waals surface area contributed by atoms with Gasteiger partial charge < -0.3 is 0 Å². The van der Waals surface area contributed by atoms with Gasteiger partial charge in [0.2, 0.25) is 0 Å². The fourth-order valence-corrected chi connectivity index (χ4v) is 2.91. The Morgan fingerprint density at radius 3 is 1.95 bits per heavy atom. The van der Waals surface area contributed by atoms with E-state index in [4.69, 9.17) is 0 Å². The first kappa shape index (κ1) is 19.0. The molecule has 0 heteroatoms. The first-order chi connectivity index (χ1) is 10.4. The second-order valence-corrected chi connectivity index (χ2v) is 7.73. The monoisotopic (exact) mass is 300 g/mol. The van der Waals surface area contributed by atoms with E-state index in [9.17, 15) is 0 Å². The van der Waals surface area contributed by atoms with Crippen molar-refractivity contribution >= 4 is 6.08 Å². The van der Waals surface area contributed by atoms with E-state index in [1.54, 1.807) is 0 Å². The third-order valence-corrected chi connectivity index (χ3v) is 4.47. The van der Waals surface area contributed by atoms with Crippen LogP contribution in [0.1, 0.15) is 94.9 Å². The van der Waals surface area contributed by atoms with Crippen LogP contribution >= 0.6 is 0 Å². The Morgan fingerprint density at radius 1 is 0.864 bits per heavy atom. The Hall–Kier alpha value is -1.04. The second-order valence-electron chi connectivity index (χ2n) is 7.73. The predicted molar refractivity (Wildman–Crippen MR) is 102 cm³/mol. The van der Waals surface area contributed by atoms with Crippen molar-refractivity contribution in [3.63, 3.8) is 0 Å². The summed E-state index contributed by atoms with van der Waals surface area (Å²) in [5.41, 5.74) is 5.90. The summed E-state index contributed by atoms with van der Waals surface area (Å²) in [6.45, 7) is 13.6. The van der Waals surface area contributed by atoms with Crippen LogP contribution < -0.4 is 0 Å². The van der Waals surface area contributed by atoms with E-state index in [-0.39, 0.29) is 5.41 Å². The van der Waals surface area contributed by atoms with Gasteiger partial charge in [-0.2, -0.15) is 0 Å². The number of hydrogen-bond donors (Lipinski definition) is 0. The normalized spacial score (nSPS) is 12.3. The van der Waals surface area contributed by atoms with Gasteiger partial charge in [-0.15, -0.1) is 0 Å². The molecule has 0 fully saturated rings. The quantitative estimate of drug-likeness (QED) is 0.440. The predicted octanol–water partition coefficient (Wildman–Crippen LogP) is 7.36. The third kappa shape index (κ3) is 6.38. The van der Waals surface area contributed by atoms with Gasteiger partial charge in [0.1, 0.15) is 0 Å². The van der Waals surface area contributed by atoms with E-state index < -0.39 is 0 Å². The highest BCUT2D eigenvalue weighted by Gasteiger charge is 2.15. The summed E-state index contributed by atoms with van der Waals surface area (Å²) >= 11 is 0. The van der Waals surface area contributed by atoms with Gasteiger partial charge in [0.25, 0.3) is 0 Å². The Kier molecular flexibility index (Phi) is 7.93. The molecule has 0 bridgehead atoms. The van der Waals surface area contributed by atoms with Gasteiger partial charge in [0, 0.05) is 0 Å². The molecule has 0 radical (unpaired) electrons. The standard InChI is InChI=1S/C22H36/c1-7-8-9-10-11-12-13-14-15-21-18(2)16-20(17-19(21)3)22(4,5)6/h14-17H,7-13H2,1-6H3. The van der Waals surface area contributed by atoms with Gasteiger partial charge in [0.05, 0.1) is 0 Å². The van der Waals surface area contributed by atoms with Crippen molar-refractivity contribution < 1.29 is 0 Å². The smallest absolute Gasteiger partial charge is 0.0132 e. The molecule has 0 amide bonds. The van der Waals surface area contributed by atoms with Crippen molar-refractivity contribution in [2.24, 2.45) is 0 Å². The van der Waals surface area contributed by atoms with Gasteiger partial charge in [-0.05, 0) is 54.4 Å². The van der Waals surface area contributed by atoms with Crippen LogP contribution in [0.2, 0.25) is 0 Å². The molecule has 0 nitrogen and oxygen atoms in total. The molecular formula is C22H36. The minimum atomic E-state index is 0.232. The van der Waals surface area contributed by atoms with Crippen LogP contribution in [0.15, 0.2) is 18.2 Å². The summed E-state index contributed by atoms with van der Waals surface area (Å²) in [6, 6.07) is 4.72. The average Bonchev–Trinajstić information content (AvgIpc) is 2.43. The minimum absolute atomic E-state index is 0.232. The summed E-state index contributed by atoms with van der Waals surface area (Å²) in [4.78, 5) is 0. The lowest BCUT2D eigenvalue weighted by molar-refractivity contribution is 0.589. The van der Waals surface area contributed by atoms with Gasteiger partial charge in [0.15, 0.2) is 0 Å². The second kappa shape index (κ2) is 9.18. The van der Waals surface area contributed by atoms with Gasteiger partial charge in [-0.3, -0.25) is 0 Å². The molecule has 0 spiro atoms. The topological polar surface area (TPSA) is 0 Å². The van der Waals surface area contributed by atoms with Crippen molar-refractivity contribution in [1.82, 2.24) is 0 Å². The van der Waals surface area contributed by atoms with Crippen molar-refractivity contribution in [3.05, 3.63) is 40.5 Å². The Balaban J connectivity index is 2.54. The SMILES string of the molecule is CCCCCCCCC=Cc1c(C)cc(C(C)(C)C)cc1C. The largest absolute Gasteiger partial charge is 0.0839 e. The molecule has 124 valence electrons. The molecule has 22 heavy (non-hydrogen) atoms. The van der Waals surface area contributed by atoms with E-state index in [1.807, 2.05) is 0 Å². The highest BCUT2D eigenvalue weighted by atomic mass is 14.2. The molecular weight excluding hydrogens is 264 g/mol. The Labute approximate surface area is 139 Å². The van der Waals surface area contributed by atoms with Crippen LogP contribution in [0.5, 0.6) is 0 Å². The van der Waals surface area contributed by atoms with Crippen LogP contribution in [0.4, 0.5) is 0 Å². The van der Waals surface area contributed by atoms with Crippen molar-refractivity contribution in [1.29, 1.82) is 0 Å². The summed E-state index contributed by atoms with van der Waals surface area (Å²) in [5.74, 6) is 0. The van der Waals surface area contributed by atoms with Crippen LogP contribution in [-0.4, -0.2) is 0 Å². The first-order valence-corrected chi connectivity index (χ1v) is 9.14. The summed E-state index contributed by atoms with van der Waals surface area (Å²) < 4.78 is 0. The Morgan fingerprint density at radius 2 is 1.41 bits per heavy atom. The van der Waals surface area contributed by atoms with Crippen LogP contribution in [0, 0.1) is 13.8 Å². The summed E-state index contributed by atoms with van der Waals surface area (Å²) in [5, 5.41) is 0. The maximum absolute atomic E-state index is 2.37. The molecule has 0 unspecified atom stereocenters.